The molecule has 1 heterocycles. The summed E-state index contributed by atoms with van der Waals surface area (Å²) in [6.45, 7) is 0.643. The van der Waals surface area contributed by atoms with Gasteiger partial charge in [0.25, 0.3) is 0 Å². The van der Waals surface area contributed by atoms with E-state index >= 15 is 0 Å². The van der Waals surface area contributed by atoms with Crippen LogP contribution in [0.15, 0.2) is 29.2 Å². The number of rotatable bonds is 4. The molecule has 6 nitrogen and oxygen atoms in total. The highest BCUT2D eigenvalue weighted by Gasteiger charge is 2.53. The van der Waals surface area contributed by atoms with Crippen LogP contribution >= 0.6 is 0 Å². The minimum absolute atomic E-state index is 0.104. The van der Waals surface area contributed by atoms with Crippen LogP contribution in [0.3, 0.4) is 0 Å². The number of nitrogens with one attached hydrogen (secondary N) is 1. The molecule has 2 aliphatic rings. The van der Waals surface area contributed by atoms with Gasteiger partial charge in [0, 0.05) is 18.6 Å². The van der Waals surface area contributed by atoms with E-state index in [1.807, 2.05) is 6.07 Å². The summed E-state index contributed by atoms with van der Waals surface area (Å²) in [6, 6.07) is 7.78. The predicted octanol–water partition coefficient (Wildman–Crippen LogP) is 0.146. The highest BCUT2D eigenvalue weighted by Crippen LogP contribution is 2.38. The van der Waals surface area contributed by atoms with Crippen molar-refractivity contribution in [3.63, 3.8) is 0 Å². The van der Waals surface area contributed by atoms with Gasteiger partial charge < -0.3 is 10.5 Å². The van der Waals surface area contributed by atoms with Crippen molar-refractivity contribution in [1.29, 1.82) is 5.26 Å². The monoisotopic (exact) mass is 307 g/mol. The molecule has 0 amide bonds. The Hall–Kier alpha value is -1.46. The zero-order chi connectivity index (χ0) is 15.0. The third-order valence-electron chi connectivity index (χ3n) is 4.25. The maximum absolute atomic E-state index is 12.4. The topological polar surface area (TPSA) is 105 Å². The standard InChI is InChI=1S/C14H17N3O3S/c15-7-5-9-1-3-10(4-2-9)21(18,19)17-13-12(16)11-6-8-20-14(11)13/h1-4,11-14,17H,5-6,8,16H2. The Morgan fingerprint density at radius 2 is 2.10 bits per heavy atom. The number of hydrogen-bond donors (Lipinski definition) is 2. The second-order valence-electron chi connectivity index (χ2n) is 5.49. The summed E-state index contributed by atoms with van der Waals surface area (Å²) in [4.78, 5) is 0.179. The molecule has 1 aliphatic heterocycles. The Bertz CT molecular complexity index is 666. The quantitative estimate of drug-likeness (QED) is 0.823. The molecule has 2 fully saturated rings. The van der Waals surface area contributed by atoms with E-state index in [1.165, 1.54) is 12.1 Å². The molecule has 1 saturated heterocycles. The lowest BCUT2D eigenvalue weighted by molar-refractivity contribution is -0.00924. The van der Waals surface area contributed by atoms with Crippen LogP contribution in [0.1, 0.15) is 12.0 Å². The zero-order valence-electron chi connectivity index (χ0n) is 11.4. The molecule has 21 heavy (non-hydrogen) atoms. The molecule has 4 atom stereocenters. The van der Waals surface area contributed by atoms with Crippen molar-refractivity contribution in [2.24, 2.45) is 11.7 Å². The molecule has 0 aromatic heterocycles. The number of hydrogen-bond acceptors (Lipinski definition) is 5. The number of sulfonamides is 1. The Morgan fingerprint density at radius 1 is 1.38 bits per heavy atom. The van der Waals surface area contributed by atoms with Crippen LogP contribution in [-0.2, 0) is 21.2 Å². The van der Waals surface area contributed by atoms with Crippen LogP contribution < -0.4 is 10.5 Å². The molecule has 0 radical (unpaired) electrons. The first-order chi connectivity index (χ1) is 10.0. The Kier molecular flexibility index (Phi) is 3.71. The second-order valence-corrected chi connectivity index (χ2v) is 7.21. The molecule has 3 N–H and O–H groups in total. The molecule has 112 valence electrons. The minimum atomic E-state index is -3.62. The number of ether oxygens (including phenoxy) is 1. The molecular weight excluding hydrogens is 290 g/mol. The van der Waals surface area contributed by atoms with Crippen LogP contribution in [0.5, 0.6) is 0 Å². The summed E-state index contributed by atoms with van der Waals surface area (Å²) < 4.78 is 32.9. The molecule has 3 rings (SSSR count). The lowest BCUT2D eigenvalue weighted by Crippen LogP contribution is -2.68. The second kappa shape index (κ2) is 5.39. The number of benzene rings is 1. The van der Waals surface area contributed by atoms with E-state index in [0.29, 0.717) is 6.61 Å². The number of nitriles is 1. The van der Waals surface area contributed by atoms with Gasteiger partial charge in [-0.2, -0.15) is 5.26 Å². The summed E-state index contributed by atoms with van der Waals surface area (Å²) >= 11 is 0. The number of fused-ring (bicyclic) bond motifs is 1. The molecule has 0 spiro atoms. The summed E-state index contributed by atoms with van der Waals surface area (Å²) in [5.41, 5.74) is 6.80. The number of nitrogens with two attached hydrogens (primary N) is 1. The molecule has 1 aromatic carbocycles. The van der Waals surface area contributed by atoms with Crippen molar-refractivity contribution >= 4 is 10.0 Å². The maximum atomic E-state index is 12.4. The molecule has 0 bridgehead atoms. The van der Waals surface area contributed by atoms with Crippen LogP contribution in [-0.4, -0.2) is 33.2 Å². The average molecular weight is 307 g/mol. The van der Waals surface area contributed by atoms with Crippen molar-refractivity contribution in [1.82, 2.24) is 4.72 Å². The van der Waals surface area contributed by atoms with E-state index in [4.69, 9.17) is 15.7 Å². The summed E-state index contributed by atoms with van der Waals surface area (Å²) in [7, 11) is -3.62. The summed E-state index contributed by atoms with van der Waals surface area (Å²) in [5.74, 6) is 0.260. The van der Waals surface area contributed by atoms with Gasteiger partial charge in [-0.05, 0) is 24.1 Å². The molecule has 1 aliphatic carbocycles. The van der Waals surface area contributed by atoms with Gasteiger partial charge in [-0.1, -0.05) is 12.1 Å². The lowest BCUT2D eigenvalue weighted by atomic mass is 9.73. The van der Waals surface area contributed by atoms with Crippen molar-refractivity contribution in [3.8, 4) is 6.07 Å². The SMILES string of the molecule is N#CCc1ccc(S(=O)(=O)NC2C(N)C3CCOC32)cc1. The highest BCUT2D eigenvalue weighted by atomic mass is 32.2. The molecular formula is C14H17N3O3S. The fraction of sp³-hybridized carbons (Fsp3) is 0.500. The number of nitrogens with zero attached hydrogens (tertiary/aromatic N) is 1. The fourth-order valence-corrected chi connectivity index (χ4v) is 4.30. The first kappa shape index (κ1) is 14.5. The summed E-state index contributed by atoms with van der Waals surface area (Å²) in [5, 5.41) is 8.62. The van der Waals surface area contributed by atoms with E-state index in [2.05, 4.69) is 4.72 Å². The maximum Gasteiger partial charge on any atom is 0.240 e. The van der Waals surface area contributed by atoms with Crippen LogP contribution in [0.4, 0.5) is 0 Å². The first-order valence-corrected chi connectivity index (χ1v) is 8.36. The third kappa shape index (κ3) is 2.56. The minimum Gasteiger partial charge on any atom is -0.376 e. The van der Waals surface area contributed by atoms with E-state index in [-0.39, 0.29) is 35.4 Å². The lowest BCUT2D eigenvalue weighted by Gasteiger charge is -2.45. The zero-order valence-corrected chi connectivity index (χ0v) is 12.2. The molecule has 7 heteroatoms. The Balaban J connectivity index is 1.73. The summed E-state index contributed by atoms with van der Waals surface area (Å²) in [6.07, 6.45) is 1.05. The van der Waals surface area contributed by atoms with Crippen LogP contribution in [0.2, 0.25) is 0 Å². The highest BCUT2D eigenvalue weighted by molar-refractivity contribution is 7.89. The van der Waals surface area contributed by atoms with Gasteiger partial charge in [-0.3, -0.25) is 0 Å². The van der Waals surface area contributed by atoms with Crippen molar-refractivity contribution in [2.45, 2.75) is 35.9 Å². The van der Waals surface area contributed by atoms with Gasteiger partial charge in [0.1, 0.15) is 0 Å². The van der Waals surface area contributed by atoms with E-state index in [9.17, 15) is 8.42 Å². The van der Waals surface area contributed by atoms with E-state index in [0.717, 1.165) is 12.0 Å². The smallest absolute Gasteiger partial charge is 0.240 e. The van der Waals surface area contributed by atoms with Crippen LogP contribution in [0, 0.1) is 17.2 Å². The molecule has 1 saturated carbocycles. The van der Waals surface area contributed by atoms with Gasteiger partial charge in [-0.15, -0.1) is 0 Å². The third-order valence-corrected chi connectivity index (χ3v) is 5.73. The first-order valence-electron chi connectivity index (χ1n) is 6.88. The molecule has 1 aromatic rings. The Labute approximate surface area is 123 Å². The van der Waals surface area contributed by atoms with Crippen LogP contribution in [0.25, 0.3) is 0 Å². The van der Waals surface area contributed by atoms with Crippen molar-refractivity contribution < 1.29 is 13.2 Å². The Morgan fingerprint density at radius 3 is 2.76 bits per heavy atom. The normalized spacial score (nSPS) is 31.2. The van der Waals surface area contributed by atoms with Gasteiger partial charge >= 0.3 is 0 Å². The van der Waals surface area contributed by atoms with E-state index in [1.54, 1.807) is 12.1 Å². The van der Waals surface area contributed by atoms with Gasteiger partial charge in [0.05, 0.1) is 29.5 Å². The van der Waals surface area contributed by atoms with Gasteiger partial charge in [0.2, 0.25) is 10.0 Å². The van der Waals surface area contributed by atoms with Gasteiger partial charge in [-0.25, -0.2) is 13.1 Å². The fourth-order valence-electron chi connectivity index (χ4n) is 3.02. The van der Waals surface area contributed by atoms with E-state index < -0.39 is 10.0 Å². The van der Waals surface area contributed by atoms with Crippen molar-refractivity contribution in [3.05, 3.63) is 29.8 Å². The predicted molar refractivity (Wildman–Crippen MR) is 75.7 cm³/mol. The largest absolute Gasteiger partial charge is 0.376 e. The molecule has 4 unspecified atom stereocenters. The average Bonchev–Trinajstić information content (AvgIpc) is 2.91. The van der Waals surface area contributed by atoms with Crippen molar-refractivity contribution in [2.75, 3.05) is 6.61 Å². The van der Waals surface area contributed by atoms with Gasteiger partial charge in [0.15, 0.2) is 0 Å².